The number of rotatable bonds is 5. The van der Waals surface area contributed by atoms with Gasteiger partial charge in [0, 0.05) is 7.11 Å². The molecule has 3 rings (SSSR count). The van der Waals surface area contributed by atoms with Gasteiger partial charge in [-0.3, -0.25) is 4.79 Å². The number of allylic oxidation sites excluding steroid dienone is 2. The zero-order valence-electron chi connectivity index (χ0n) is 13.2. The van der Waals surface area contributed by atoms with Gasteiger partial charge in [-0.15, -0.1) is 0 Å². The Labute approximate surface area is 126 Å². The molecule has 2 fully saturated rings. The van der Waals surface area contributed by atoms with Crippen LogP contribution < -0.4 is 0 Å². The van der Waals surface area contributed by atoms with E-state index in [0.29, 0.717) is 18.4 Å². The van der Waals surface area contributed by atoms with Crippen molar-refractivity contribution >= 4 is 5.97 Å². The van der Waals surface area contributed by atoms with Gasteiger partial charge in [0.1, 0.15) is 5.60 Å². The quantitative estimate of drug-likeness (QED) is 0.578. The maximum Gasteiger partial charge on any atom is 0.310 e. The van der Waals surface area contributed by atoms with E-state index < -0.39 is 5.60 Å². The molecule has 3 aliphatic rings. The number of hydrogen-bond donors (Lipinski definition) is 0. The third-order valence-corrected chi connectivity index (χ3v) is 5.18. The molecule has 5 unspecified atom stereocenters. The van der Waals surface area contributed by atoms with Crippen LogP contribution in [0.15, 0.2) is 12.2 Å². The fraction of sp³-hybridized carbons (Fsp3) is 0.824. The molecule has 0 amide bonds. The van der Waals surface area contributed by atoms with E-state index in [0.717, 1.165) is 25.7 Å². The lowest BCUT2D eigenvalue weighted by Gasteiger charge is -2.33. The number of esters is 1. The first-order valence-corrected chi connectivity index (χ1v) is 8.05. The highest BCUT2D eigenvalue weighted by Gasteiger charge is 2.45. The average Bonchev–Trinajstić information content (AvgIpc) is 3.14. The Bertz CT molecular complexity index is 429. The average molecular weight is 294 g/mol. The van der Waals surface area contributed by atoms with Gasteiger partial charge < -0.3 is 14.2 Å². The van der Waals surface area contributed by atoms with Crippen molar-refractivity contribution in [2.24, 2.45) is 17.8 Å². The van der Waals surface area contributed by atoms with Gasteiger partial charge in [0.2, 0.25) is 0 Å². The Kier molecular flexibility index (Phi) is 4.10. The molecule has 0 radical (unpaired) electrons. The zero-order chi connectivity index (χ0) is 15.0. The number of carbonyl (C=O) groups is 1. The minimum Gasteiger partial charge on any atom is -0.457 e. The standard InChI is InChI=1S/C17H26O4/c1-17(2,15-7-6-13(20-15)10-19-3)21-16(18)14-9-11-4-5-12(14)8-11/h4-5,11-15H,6-10H2,1-3H3. The maximum absolute atomic E-state index is 12.5. The monoisotopic (exact) mass is 294 g/mol. The summed E-state index contributed by atoms with van der Waals surface area (Å²) in [6, 6.07) is 0. The molecule has 1 aliphatic heterocycles. The Morgan fingerprint density at radius 1 is 1.29 bits per heavy atom. The summed E-state index contributed by atoms with van der Waals surface area (Å²) >= 11 is 0. The van der Waals surface area contributed by atoms with Gasteiger partial charge in [0.05, 0.1) is 24.7 Å². The Balaban J connectivity index is 1.56. The molecule has 2 bridgehead atoms. The van der Waals surface area contributed by atoms with Crippen LogP contribution in [0, 0.1) is 17.8 Å². The van der Waals surface area contributed by atoms with E-state index in [4.69, 9.17) is 14.2 Å². The number of fused-ring (bicyclic) bond motifs is 2. The van der Waals surface area contributed by atoms with Crippen molar-refractivity contribution in [3.63, 3.8) is 0 Å². The summed E-state index contributed by atoms with van der Waals surface area (Å²) in [6.07, 6.45) is 8.49. The third-order valence-electron chi connectivity index (χ3n) is 5.18. The largest absolute Gasteiger partial charge is 0.457 e. The normalized spacial score (nSPS) is 38.1. The van der Waals surface area contributed by atoms with Crippen LogP contribution in [0.4, 0.5) is 0 Å². The van der Waals surface area contributed by atoms with Crippen LogP contribution in [0.2, 0.25) is 0 Å². The Hall–Kier alpha value is -0.870. The van der Waals surface area contributed by atoms with Gasteiger partial charge in [-0.25, -0.2) is 0 Å². The van der Waals surface area contributed by atoms with E-state index in [2.05, 4.69) is 12.2 Å². The Morgan fingerprint density at radius 3 is 2.71 bits per heavy atom. The lowest BCUT2D eigenvalue weighted by molar-refractivity contribution is -0.178. The predicted molar refractivity (Wildman–Crippen MR) is 78.8 cm³/mol. The third kappa shape index (κ3) is 3.02. The van der Waals surface area contributed by atoms with E-state index in [1.54, 1.807) is 7.11 Å². The highest BCUT2D eigenvalue weighted by Crippen LogP contribution is 2.44. The fourth-order valence-electron chi connectivity index (χ4n) is 3.98. The Morgan fingerprint density at radius 2 is 2.10 bits per heavy atom. The smallest absolute Gasteiger partial charge is 0.310 e. The van der Waals surface area contributed by atoms with Crippen LogP contribution in [-0.2, 0) is 19.0 Å². The molecule has 1 saturated heterocycles. The summed E-state index contributed by atoms with van der Waals surface area (Å²) in [6.45, 7) is 4.54. The van der Waals surface area contributed by atoms with Gasteiger partial charge in [0.25, 0.3) is 0 Å². The van der Waals surface area contributed by atoms with E-state index in [1.807, 2.05) is 13.8 Å². The number of carbonyl (C=O) groups excluding carboxylic acids is 1. The van der Waals surface area contributed by atoms with Crippen molar-refractivity contribution in [1.29, 1.82) is 0 Å². The minimum atomic E-state index is -0.564. The minimum absolute atomic E-state index is 0.0317. The highest BCUT2D eigenvalue weighted by atomic mass is 16.6. The lowest BCUT2D eigenvalue weighted by Crippen LogP contribution is -2.43. The van der Waals surface area contributed by atoms with Gasteiger partial charge in [-0.05, 0) is 51.4 Å². The molecule has 1 heterocycles. The summed E-state index contributed by atoms with van der Waals surface area (Å²) < 4.78 is 17.0. The van der Waals surface area contributed by atoms with Crippen molar-refractivity contribution in [2.45, 2.75) is 57.3 Å². The molecule has 0 N–H and O–H groups in total. The second-order valence-corrected chi connectivity index (χ2v) is 7.19. The van der Waals surface area contributed by atoms with E-state index >= 15 is 0 Å². The summed E-state index contributed by atoms with van der Waals surface area (Å²) in [5.41, 5.74) is -0.564. The van der Waals surface area contributed by atoms with Gasteiger partial charge in [-0.2, -0.15) is 0 Å². The van der Waals surface area contributed by atoms with Crippen LogP contribution in [0.3, 0.4) is 0 Å². The predicted octanol–water partition coefficient (Wildman–Crippen LogP) is 2.71. The summed E-state index contributed by atoms with van der Waals surface area (Å²) in [4.78, 5) is 12.5. The molecule has 21 heavy (non-hydrogen) atoms. The van der Waals surface area contributed by atoms with Crippen molar-refractivity contribution in [1.82, 2.24) is 0 Å². The molecule has 4 heteroatoms. The van der Waals surface area contributed by atoms with Gasteiger partial charge >= 0.3 is 5.97 Å². The van der Waals surface area contributed by atoms with Crippen molar-refractivity contribution in [3.8, 4) is 0 Å². The first-order valence-electron chi connectivity index (χ1n) is 8.05. The topological polar surface area (TPSA) is 44.8 Å². The van der Waals surface area contributed by atoms with Crippen LogP contribution in [0.1, 0.15) is 39.5 Å². The molecule has 4 nitrogen and oxygen atoms in total. The van der Waals surface area contributed by atoms with Gasteiger partial charge in [-0.1, -0.05) is 12.2 Å². The molecule has 118 valence electrons. The SMILES string of the molecule is COCC1CCC(C(C)(C)OC(=O)C2CC3C=CC2C3)O1. The molecule has 0 spiro atoms. The lowest BCUT2D eigenvalue weighted by atomic mass is 9.92. The maximum atomic E-state index is 12.5. The molecule has 0 aromatic heterocycles. The fourth-order valence-corrected chi connectivity index (χ4v) is 3.98. The van der Waals surface area contributed by atoms with Crippen LogP contribution >= 0.6 is 0 Å². The van der Waals surface area contributed by atoms with Crippen LogP contribution in [-0.4, -0.2) is 37.5 Å². The molecular formula is C17H26O4. The van der Waals surface area contributed by atoms with E-state index in [-0.39, 0.29) is 24.1 Å². The molecular weight excluding hydrogens is 268 g/mol. The molecule has 0 aromatic carbocycles. The van der Waals surface area contributed by atoms with Crippen molar-refractivity contribution < 1.29 is 19.0 Å². The zero-order valence-corrected chi connectivity index (χ0v) is 13.2. The van der Waals surface area contributed by atoms with Crippen molar-refractivity contribution in [3.05, 3.63) is 12.2 Å². The van der Waals surface area contributed by atoms with Gasteiger partial charge in [0.15, 0.2) is 0 Å². The van der Waals surface area contributed by atoms with E-state index in [9.17, 15) is 4.79 Å². The second-order valence-electron chi connectivity index (χ2n) is 7.19. The highest BCUT2D eigenvalue weighted by molar-refractivity contribution is 5.74. The van der Waals surface area contributed by atoms with E-state index in [1.165, 1.54) is 0 Å². The molecule has 1 saturated carbocycles. The first-order chi connectivity index (χ1) is 9.99. The summed E-state index contributed by atoms with van der Waals surface area (Å²) in [7, 11) is 1.69. The van der Waals surface area contributed by atoms with Crippen molar-refractivity contribution in [2.75, 3.05) is 13.7 Å². The number of ether oxygens (including phenoxy) is 3. The summed E-state index contributed by atoms with van der Waals surface area (Å²) in [5.74, 6) is 0.986. The second kappa shape index (κ2) is 5.73. The summed E-state index contributed by atoms with van der Waals surface area (Å²) in [5, 5.41) is 0. The molecule has 2 aliphatic carbocycles. The number of methoxy groups -OCH3 is 1. The van der Waals surface area contributed by atoms with Crippen LogP contribution in [0.5, 0.6) is 0 Å². The molecule has 0 aromatic rings. The number of hydrogen-bond acceptors (Lipinski definition) is 4. The molecule has 5 atom stereocenters. The van der Waals surface area contributed by atoms with Crippen LogP contribution in [0.25, 0.3) is 0 Å². The first kappa shape index (κ1) is 15.0.